The van der Waals surface area contributed by atoms with Crippen molar-refractivity contribution in [2.45, 2.75) is 90.1 Å². The van der Waals surface area contributed by atoms with Crippen molar-refractivity contribution < 1.29 is 28.0 Å². The molecule has 0 spiro atoms. The van der Waals surface area contributed by atoms with Crippen molar-refractivity contribution in [1.82, 2.24) is 13.8 Å². The van der Waals surface area contributed by atoms with Gasteiger partial charge in [0.2, 0.25) is 0 Å². The van der Waals surface area contributed by atoms with Gasteiger partial charge in [-0.25, -0.2) is 9.46 Å². The van der Waals surface area contributed by atoms with Crippen LogP contribution in [0.25, 0.3) is 0 Å². The molecule has 1 saturated heterocycles. The molecule has 1 unspecified atom stereocenters. The molecule has 0 radical (unpaired) electrons. The van der Waals surface area contributed by atoms with Crippen LogP contribution in [0, 0.1) is 24.2 Å². The number of hydrogen-bond donors (Lipinski definition) is 0. The minimum Gasteiger partial charge on any atom is -0.497 e. The molecule has 0 saturated carbocycles. The normalized spacial score (nSPS) is 18.6. The van der Waals surface area contributed by atoms with Crippen molar-refractivity contribution in [1.29, 1.82) is 5.26 Å². The average Bonchev–Trinajstić information content (AvgIpc) is 3.91. The van der Waals surface area contributed by atoms with Crippen LogP contribution in [0.15, 0.2) is 119 Å². The molecule has 0 N–H and O–H groups in total. The summed E-state index contributed by atoms with van der Waals surface area (Å²) in [7, 11) is 1.57. The summed E-state index contributed by atoms with van der Waals surface area (Å²) >= 11 is 0. The lowest BCUT2D eigenvalue weighted by Gasteiger charge is -2.39. The maximum absolute atomic E-state index is 14.2. The summed E-state index contributed by atoms with van der Waals surface area (Å²) in [6.45, 7) is 10.5. The van der Waals surface area contributed by atoms with Crippen LogP contribution in [0.2, 0.25) is 0 Å². The van der Waals surface area contributed by atoms with Gasteiger partial charge in [-0.05, 0) is 75.6 Å². The average molecular weight is 823 g/mol. The third-order valence-corrected chi connectivity index (χ3v) is 12.8. The predicted molar refractivity (Wildman–Crippen MR) is 228 cm³/mol. The Balaban J connectivity index is 1.45. The van der Waals surface area contributed by atoms with Crippen LogP contribution in [0.5, 0.6) is 11.5 Å². The Kier molecular flexibility index (Phi) is 14.8. The number of aromatic nitrogens is 2. The molecule has 312 valence electrons. The Morgan fingerprint density at radius 1 is 0.881 bits per heavy atom. The number of allylic oxidation sites excluding steroid dienone is 4. The van der Waals surface area contributed by atoms with Gasteiger partial charge in [0, 0.05) is 42.7 Å². The van der Waals surface area contributed by atoms with Crippen LogP contribution < -0.4 is 20.7 Å². The maximum Gasteiger partial charge on any atom is 0.333 e. The van der Waals surface area contributed by atoms with Crippen molar-refractivity contribution in [2.24, 2.45) is 5.92 Å². The Morgan fingerprint density at radius 3 is 2.00 bits per heavy atom. The minimum atomic E-state index is -1.70. The van der Waals surface area contributed by atoms with Crippen molar-refractivity contribution in [3.63, 3.8) is 0 Å². The highest BCUT2D eigenvalue weighted by Crippen LogP contribution is 2.50. The molecule has 1 fully saturated rings. The molecule has 1 aromatic heterocycles. The molecule has 4 atom stereocenters. The molecule has 6 rings (SSSR count). The van der Waals surface area contributed by atoms with E-state index in [0.29, 0.717) is 17.1 Å². The first-order valence-corrected chi connectivity index (χ1v) is 21.2. The van der Waals surface area contributed by atoms with Gasteiger partial charge in [0.15, 0.2) is 0 Å². The Morgan fingerprint density at radius 2 is 1.46 bits per heavy atom. The molecule has 2 heterocycles. The lowest BCUT2D eigenvalue weighted by atomic mass is 9.80. The fourth-order valence-corrected chi connectivity index (χ4v) is 9.52. The Hall–Kier alpha value is -4.86. The van der Waals surface area contributed by atoms with Gasteiger partial charge < -0.3 is 28.0 Å². The summed E-state index contributed by atoms with van der Waals surface area (Å²) in [4.78, 5) is 27.6. The molecule has 1 aliphatic heterocycles. The second kappa shape index (κ2) is 19.9. The first-order chi connectivity index (χ1) is 28.5. The van der Waals surface area contributed by atoms with Gasteiger partial charge in [-0.2, -0.15) is 5.26 Å². The van der Waals surface area contributed by atoms with Crippen LogP contribution >= 0.6 is 8.53 Å². The maximum atomic E-state index is 14.2. The summed E-state index contributed by atoms with van der Waals surface area (Å²) in [5, 5.41) is 9.40. The van der Waals surface area contributed by atoms with Crippen LogP contribution in [0.1, 0.15) is 69.0 Å². The van der Waals surface area contributed by atoms with Gasteiger partial charge in [-0.15, -0.1) is 0 Å². The van der Waals surface area contributed by atoms with Crippen LogP contribution in [-0.2, 0) is 30.7 Å². The van der Waals surface area contributed by atoms with Gasteiger partial charge in [0.25, 0.3) is 14.1 Å². The number of aryl methyl sites for hydroxylation is 1. The van der Waals surface area contributed by atoms with Crippen molar-refractivity contribution in [3.05, 3.63) is 152 Å². The first-order valence-electron chi connectivity index (χ1n) is 20.1. The van der Waals surface area contributed by atoms with E-state index >= 15 is 0 Å². The first kappa shape index (κ1) is 43.7. The van der Waals surface area contributed by atoms with Gasteiger partial charge in [-0.1, -0.05) is 78.9 Å². The number of nitriles is 1. The van der Waals surface area contributed by atoms with E-state index in [9.17, 15) is 14.9 Å². The zero-order chi connectivity index (χ0) is 42.1. The van der Waals surface area contributed by atoms with E-state index < -0.39 is 38.3 Å². The van der Waals surface area contributed by atoms with E-state index in [1.165, 1.54) is 9.13 Å². The second-order valence-electron chi connectivity index (χ2n) is 15.2. The summed E-state index contributed by atoms with van der Waals surface area (Å²) in [6, 6.07) is 27.9. The highest BCUT2D eigenvalue weighted by molar-refractivity contribution is 7.44. The van der Waals surface area contributed by atoms with Gasteiger partial charge in [-0.3, -0.25) is 13.9 Å². The highest BCUT2D eigenvalue weighted by Gasteiger charge is 2.45. The fourth-order valence-electron chi connectivity index (χ4n) is 7.76. The third kappa shape index (κ3) is 9.79. The summed E-state index contributed by atoms with van der Waals surface area (Å²) in [5.41, 5.74) is 1.05. The van der Waals surface area contributed by atoms with Crippen molar-refractivity contribution in [2.75, 3.05) is 27.4 Å². The number of rotatable bonds is 19. The zero-order valence-corrected chi connectivity index (χ0v) is 35.8. The van der Waals surface area contributed by atoms with E-state index in [4.69, 9.17) is 28.0 Å². The van der Waals surface area contributed by atoms with Crippen LogP contribution in [0.3, 0.4) is 0 Å². The smallest absolute Gasteiger partial charge is 0.333 e. The lowest BCUT2D eigenvalue weighted by Crippen LogP contribution is -2.43. The van der Waals surface area contributed by atoms with Gasteiger partial charge >= 0.3 is 5.69 Å². The topological polar surface area (TPSA) is 126 Å². The molecule has 13 heteroatoms. The van der Waals surface area contributed by atoms with Crippen LogP contribution in [0.4, 0.5) is 0 Å². The minimum absolute atomic E-state index is 0.0316. The number of ether oxygens (including phenoxy) is 4. The van der Waals surface area contributed by atoms with Crippen molar-refractivity contribution >= 4 is 8.53 Å². The quantitative estimate of drug-likeness (QED) is 0.0521. The zero-order valence-electron chi connectivity index (χ0n) is 34.9. The monoisotopic (exact) mass is 822 g/mol. The fraction of sp³-hybridized carbons (Fsp3) is 0.413. The molecule has 12 nitrogen and oxygen atoms in total. The summed E-state index contributed by atoms with van der Waals surface area (Å²) in [6.07, 6.45) is 7.69. The second-order valence-corrected chi connectivity index (χ2v) is 16.6. The van der Waals surface area contributed by atoms with E-state index in [1.54, 1.807) is 27.3 Å². The van der Waals surface area contributed by atoms with E-state index in [2.05, 4.69) is 38.4 Å². The standard InChI is InChI=1S/C46H55N4O8P/c1-32(2)50(33(3)4)59(56-27-13-26-47)58-41-28-43(48-29-34(5)44(51)49(45(48)52)30-35-14-11-12-15-35)57-42(41)31-55-46(36-16-9-8-10-17-36,37-18-22-39(53-6)23-19-37)38-20-24-40(54-7)25-21-38/h8-12,14-25,29,32-33,35,41-43H,13,27-28,30-31H2,1-7H3/t41-,42+,43+,59?/m0/s1. The van der Waals surface area contributed by atoms with Crippen LogP contribution in [-0.4, -0.2) is 65.5 Å². The van der Waals surface area contributed by atoms with Crippen molar-refractivity contribution in [3.8, 4) is 17.6 Å². The molecule has 4 aromatic rings. The Labute approximate surface area is 348 Å². The third-order valence-electron chi connectivity index (χ3n) is 10.6. The van der Waals surface area contributed by atoms with E-state index in [1.807, 2.05) is 103 Å². The van der Waals surface area contributed by atoms with E-state index in [-0.39, 0.29) is 56.2 Å². The molecular formula is C46H55N4O8P. The molecule has 1 aliphatic carbocycles. The number of methoxy groups -OCH3 is 2. The molecule has 2 aliphatic rings. The van der Waals surface area contributed by atoms with Gasteiger partial charge in [0.1, 0.15) is 29.4 Å². The highest BCUT2D eigenvalue weighted by atomic mass is 31.2. The van der Waals surface area contributed by atoms with Gasteiger partial charge in [0.05, 0.1) is 46.0 Å². The summed E-state index contributed by atoms with van der Waals surface area (Å²) in [5.74, 6) is 1.33. The predicted octanol–water partition coefficient (Wildman–Crippen LogP) is 8.04. The lowest BCUT2D eigenvalue weighted by molar-refractivity contribution is -0.0928. The molecular weight excluding hydrogens is 767 g/mol. The molecule has 0 amide bonds. The molecule has 59 heavy (non-hydrogen) atoms. The molecule has 3 aromatic carbocycles. The molecule has 0 bridgehead atoms. The van der Waals surface area contributed by atoms with E-state index in [0.717, 1.165) is 16.7 Å². The number of hydrogen-bond acceptors (Lipinski definition) is 10. The number of nitrogens with zero attached hydrogens (tertiary/aromatic N) is 4. The largest absolute Gasteiger partial charge is 0.497 e. The summed E-state index contributed by atoms with van der Waals surface area (Å²) < 4.78 is 43.6. The number of benzene rings is 3. The Bertz CT molecular complexity index is 2150. The SMILES string of the molecule is COc1ccc(C(OC[C@H]2O[C@@H](n3cc(C)c(=O)n(CC4C=CC=C4)c3=O)C[C@@H]2OP(OCCC#N)N(C(C)C)C(C)C)(c2ccccc2)c2ccc(OC)cc2)cc1.